The SMILES string of the molecule is Cc1cccc(C)c1-c1cc2nc(n1)NS(=O)(=O)c1cccc(c1)C(=O)N(C1CCC(N)CC1)[C@H](CC(C)C)CC2. The van der Waals surface area contributed by atoms with Crippen LogP contribution in [-0.2, 0) is 16.4 Å². The summed E-state index contributed by atoms with van der Waals surface area (Å²) >= 11 is 0. The van der Waals surface area contributed by atoms with Gasteiger partial charge in [-0.2, -0.15) is 0 Å². The van der Waals surface area contributed by atoms with Crippen LogP contribution in [-0.4, -0.2) is 47.3 Å². The normalized spacial score (nSPS) is 22.8. The van der Waals surface area contributed by atoms with Crippen molar-refractivity contribution < 1.29 is 13.2 Å². The highest BCUT2D eigenvalue weighted by atomic mass is 32.2. The van der Waals surface area contributed by atoms with E-state index in [2.05, 4.69) is 33.4 Å². The molecular formula is C32H41N5O3S. The van der Waals surface area contributed by atoms with E-state index in [1.807, 2.05) is 38.1 Å². The number of benzene rings is 2. The van der Waals surface area contributed by atoms with E-state index < -0.39 is 10.0 Å². The Labute approximate surface area is 243 Å². The number of hydrogen-bond acceptors (Lipinski definition) is 6. The lowest BCUT2D eigenvalue weighted by Crippen LogP contribution is -2.50. The third-order valence-electron chi connectivity index (χ3n) is 8.37. The molecule has 9 heteroatoms. The van der Waals surface area contributed by atoms with E-state index >= 15 is 0 Å². The predicted octanol–water partition coefficient (Wildman–Crippen LogP) is 5.63. The molecule has 1 aliphatic carbocycles. The average molecular weight is 576 g/mol. The molecule has 1 atom stereocenters. The number of aryl methyl sites for hydroxylation is 3. The lowest BCUT2D eigenvalue weighted by Gasteiger charge is -2.42. The molecule has 0 radical (unpaired) electrons. The first-order chi connectivity index (χ1) is 19.5. The second-order valence-electron chi connectivity index (χ2n) is 12.1. The molecule has 3 N–H and O–H groups in total. The van der Waals surface area contributed by atoms with Gasteiger partial charge in [0.05, 0.1) is 10.6 Å². The average Bonchev–Trinajstić information content (AvgIpc) is 2.92. The van der Waals surface area contributed by atoms with Crippen molar-refractivity contribution in [1.82, 2.24) is 14.9 Å². The molecule has 1 aromatic heterocycles. The van der Waals surface area contributed by atoms with E-state index in [0.29, 0.717) is 30.0 Å². The fourth-order valence-electron chi connectivity index (χ4n) is 6.38. The molecular weight excluding hydrogens is 534 g/mol. The van der Waals surface area contributed by atoms with Gasteiger partial charge in [-0.3, -0.25) is 4.79 Å². The van der Waals surface area contributed by atoms with Gasteiger partial charge in [0.1, 0.15) is 0 Å². The number of carbonyl (C=O) groups is 1. The molecule has 41 heavy (non-hydrogen) atoms. The number of hydrogen-bond donors (Lipinski definition) is 2. The van der Waals surface area contributed by atoms with Gasteiger partial charge >= 0.3 is 0 Å². The van der Waals surface area contributed by atoms with E-state index in [-0.39, 0.29) is 34.9 Å². The summed E-state index contributed by atoms with van der Waals surface area (Å²) in [5.41, 5.74) is 11.1. The first-order valence-electron chi connectivity index (χ1n) is 14.7. The number of carbonyl (C=O) groups excluding carboxylic acids is 1. The standard InChI is InChI=1S/C32H41N5O3S/c1-20(2)17-27-16-13-25-19-29(30-21(3)7-5-8-22(30)4)35-32(34-25)36-41(39,40)28-10-6-9-23(18-28)31(38)37(27)26-14-11-24(33)12-15-26/h5-10,18-20,24,26-27H,11-17,33H2,1-4H3,(H,34,35,36)/t24?,26?,27-/m0/s1. The molecule has 1 amide bonds. The van der Waals surface area contributed by atoms with Gasteiger partial charge in [0.15, 0.2) is 0 Å². The van der Waals surface area contributed by atoms with Crippen LogP contribution in [0.5, 0.6) is 0 Å². The molecule has 1 aliphatic heterocycles. The summed E-state index contributed by atoms with van der Waals surface area (Å²) in [6.07, 6.45) is 5.56. The van der Waals surface area contributed by atoms with Crippen molar-refractivity contribution in [3.05, 3.63) is 70.9 Å². The minimum absolute atomic E-state index is 0.0104. The maximum atomic E-state index is 14.2. The second kappa shape index (κ2) is 11.9. The molecule has 5 rings (SSSR count). The Morgan fingerprint density at radius 2 is 1.66 bits per heavy atom. The number of nitrogens with one attached hydrogen (secondary N) is 1. The van der Waals surface area contributed by atoms with Gasteiger partial charge in [0.25, 0.3) is 15.9 Å². The van der Waals surface area contributed by atoms with Crippen LogP contribution in [0.15, 0.2) is 53.4 Å². The number of rotatable bonds is 4. The maximum Gasteiger partial charge on any atom is 0.264 e. The maximum absolute atomic E-state index is 14.2. The van der Waals surface area contributed by atoms with E-state index in [9.17, 15) is 13.2 Å². The van der Waals surface area contributed by atoms with Crippen molar-refractivity contribution in [3.8, 4) is 11.3 Å². The van der Waals surface area contributed by atoms with E-state index in [1.165, 1.54) is 12.1 Å². The Morgan fingerprint density at radius 3 is 2.34 bits per heavy atom. The van der Waals surface area contributed by atoms with Gasteiger partial charge < -0.3 is 10.6 Å². The monoisotopic (exact) mass is 575 g/mol. The third kappa shape index (κ3) is 6.46. The van der Waals surface area contributed by atoms with Crippen molar-refractivity contribution in [1.29, 1.82) is 0 Å². The lowest BCUT2D eigenvalue weighted by molar-refractivity contribution is 0.0452. The second-order valence-corrected chi connectivity index (χ2v) is 13.8. The van der Waals surface area contributed by atoms with E-state index in [0.717, 1.165) is 54.5 Å². The zero-order chi connectivity index (χ0) is 29.3. The summed E-state index contributed by atoms with van der Waals surface area (Å²) in [5.74, 6) is 0.285. The van der Waals surface area contributed by atoms with E-state index in [4.69, 9.17) is 5.73 Å². The van der Waals surface area contributed by atoms with Gasteiger partial charge in [-0.15, -0.1) is 0 Å². The van der Waals surface area contributed by atoms with Crippen molar-refractivity contribution in [2.45, 2.75) is 95.7 Å². The molecule has 8 nitrogen and oxygen atoms in total. The van der Waals surface area contributed by atoms with Gasteiger partial charge in [0, 0.05) is 34.9 Å². The highest BCUT2D eigenvalue weighted by Crippen LogP contribution is 2.32. The van der Waals surface area contributed by atoms with Gasteiger partial charge in [-0.25, -0.2) is 23.1 Å². The summed E-state index contributed by atoms with van der Waals surface area (Å²) in [5, 5.41) is 0. The van der Waals surface area contributed by atoms with Gasteiger partial charge in [0.2, 0.25) is 5.95 Å². The summed E-state index contributed by atoms with van der Waals surface area (Å²) in [4.78, 5) is 25.7. The highest BCUT2D eigenvalue weighted by Gasteiger charge is 2.35. The van der Waals surface area contributed by atoms with Gasteiger partial charge in [-0.05, 0) is 100 Å². The fraction of sp³-hybridized carbons (Fsp3) is 0.469. The minimum atomic E-state index is -4.05. The molecule has 1 fully saturated rings. The summed E-state index contributed by atoms with van der Waals surface area (Å²) < 4.78 is 29.7. The zero-order valence-electron chi connectivity index (χ0n) is 24.4. The Bertz CT molecular complexity index is 1510. The highest BCUT2D eigenvalue weighted by molar-refractivity contribution is 7.92. The van der Waals surface area contributed by atoms with Crippen LogP contribution in [0, 0.1) is 19.8 Å². The van der Waals surface area contributed by atoms with Crippen molar-refractivity contribution >= 4 is 21.9 Å². The molecule has 4 bridgehead atoms. The quantitative estimate of drug-likeness (QED) is 0.416. The number of fused-ring (bicyclic) bond motifs is 4. The smallest absolute Gasteiger partial charge is 0.264 e. The topological polar surface area (TPSA) is 118 Å². The minimum Gasteiger partial charge on any atom is -0.333 e. The third-order valence-corrected chi connectivity index (χ3v) is 9.70. The summed E-state index contributed by atoms with van der Waals surface area (Å²) in [7, 11) is -4.05. The Hall–Kier alpha value is -3.30. The number of amides is 1. The van der Waals surface area contributed by atoms with E-state index in [1.54, 1.807) is 12.1 Å². The Balaban J connectivity index is 1.66. The molecule has 2 heterocycles. The van der Waals surface area contributed by atoms with Crippen LogP contribution in [0.25, 0.3) is 11.3 Å². The molecule has 2 aromatic carbocycles. The van der Waals surface area contributed by atoms with Crippen LogP contribution in [0.2, 0.25) is 0 Å². The van der Waals surface area contributed by atoms with Gasteiger partial charge in [-0.1, -0.05) is 38.1 Å². The van der Waals surface area contributed by atoms with Crippen molar-refractivity contribution in [3.63, 3.8) is 0 Å². The Kier molecular flexibility index (Phi) is 8.47. The number of anilines is 1. The molecule has 1 saturated carbocycles. The predicted molar refractivity (Wildman–Crippen MR) is 162 cm³/mol. The first kappa shape index (κ1) is 29.2. The van der Waals surface area contributed by atoms with Crippen LogP contribution in [0.1, 0.15) is 79.6 Å². The molecule has 0 saturated heterocycles. The van der Waals surface area contributed by atoms with Crippen LogP contribution < -0.4 is 10.5 Å². The molecule has 3 aromatic rings. The fourth-order valence-corrected chi connectivity index (χ4v) is 7.37. The summed E-state index contributed by atoms with van der Waals surface area (Å²) in [6.45, 7) is 8.42. The van der Waals surface area contributed by atoms with Crippen molar-refractivity contribution in [2.24, 2.45) is 11.7 Å². The largest absolute Gasteiger partial charge is 0.333 e. The number of aromatic nitrogens is 2. The molecule has 218 valence electrons. The molecule has 2 aliphatic rings. The lowest BCUT2D eigenvalue weighted by atomic mass is 9.87. The number of sulfonamides is 1. The van der Waals surface area contributed by atoms with Crippen LogP contribution >= 0.6 is 0 Å². The zero-order valence-corrected chi connectivity index (χ0v) is 25.2. The first-order valence-corrected chi connectivity index (χ1v) is 16.2. The van der Waals surface area contributed by atoms with Crippen LogP contribution in [0.4, 0.5) is 5.95 Å². The Morgan fingerprint density at radius 1 is 0.976 bits per heavy atom. The number of nitrogens with two attached hydrogens (primary N) is 1. The molecule has 0 unspecified atom stereocenters. The van der Waals surface area contributed by atoms with Crippen molar-refractivity contribution in [2.75, 3.05) is 4.72 Å². The number of nitrogens with zero attached hydrogens (tertiary/aromatic N) is 3. The summed E-state index contributed by atoms with van der Waals surface area (Å²) in [6, 6.07) is 14.5. The van der Waals surface area contributed by atoms with Crippen LogP contribution in [0.3, 0.4) is 0 Å². The molecule has 0 spiro atoms.